The summed E-state index contributed by atoms with van der Waals surface area (Å²) in [5.74, 6) is -1.99. The summed E-state index contributed by atoms with van der Waals surface area (Å²) in [4.78, 5) is 11.9. The largest absolute Gasteiger partial charge is 0.416 e. The van der Waals surface area contributed by atoms with Gasteiger partial charge in [-0.2, -0.15) is 13.2 Å². The quantitative estimate of drug-likeness (QED) is 0.662. The monoisotopic (exact) mass is 322 g/mol. The lowest BCUT2D eigenvalue weighted by Crippen LogP contribution is -2.41. The molecule has 0 aliphatic heterocycles. The van der Waals surface area contributed by atoms with Gasteiger partial charge in [0.1, 0.15) is 5.82 Å². The highest BCUT2D eigenvalue weighted by Gasteiger charge is 2.32. The highest BCUT2D eigenvalue weighted by molar-refractivity contribution is 7.80. The topological polar surface area (TPSA) is 55.1 Å². The van der Waals surface area contributed by atoms with Crippen LogP contribution >= 0.6 is 12.2 Å². The van der Waals surface area contributed by atoms with E-state index in [1.54, 1.807) is 13.8 Å². The molecule has 3 nitrogen and oxygen atoms in total. The number of carbonyl (C=O) groups excluding carboxylic acids is 1. The van der Waals surface area contributed by atoms with E-state index in [0.29, 0.717) is 18.2 Å². The summed E-state index contributed by atoms with van der Waals surface area (Å²) in [6.07, 6.45) is -4.65. The first-order valence-electron chi connectivity index (χ1n) is 5.90. The number of hydrogen-bond acceptors (Lipinski definition) is 2. The third-order valence-corrected chi connectivity index (χ3v) is 3.45. The van der Waals surface area contributed by atoms with Gasteiger partial charge in [-0.15, -0.1) is 0 Å². The number of carbonyl (C=O) groups is 1. The average molecular weight is 322 g/mol. The third kappa shape index (κ3) is 4.38. The molecule has 0 aromatic heterocycles. The second kappa shape index (κ2) is 5.97. The Labute approximate surface area is 124 Å². The SMILES string of the molecule is CC(C)(CNC(=O)c1cc(C(F)(F)F)ccc1F)C(N)=S. The van der Waals surface area contributed by atoms with Crippen molar-refractivity contribution in [1.29, 1.82) is 0 Å². The highest BCUT2D eigenvalue weighted by Crippen LogP contribution is 2.30. The van der Waals surface area contributed by atoms with Gasteiger partial charge in [-0.25, -0.2) is 4.39 Å². The van der Waals surface area contributed by atoms with Crippen LogP contribution in [0.2, 0.25) is 0 Å². The number of amides is 1. The first-order chi connectivity index (χ1) is 9.45. The maximum Gasteiger partial charge on any atom is 0.416 e. The molecule has 1 amide bonds. The number of halogens is 4. The maximum atomic E-state index is 13.5. The van der Waals surface area contributed by atoms with Crippen molar-refractivity contribution < 1.29 is 22.4 Å². The van der Waals surface area contributed by atoms with Gasteiger partial charge in [-0.05, 0) is 18.2 Å². The zero-order valence-corrected chi connectivity index (χ0v) is 12.2. The Kier molecular flexibility index (Phi) is 4.93. The summed E-state index contributed by atoms with van der Waals surface area (Å²) in [7, 11) is 0. The first-order valence-corrected chi connectivity index (χ1v) is 6.31. The Morgan fingerprint density at radius 3 is 2.38 bits per heavy atom. The third-order valence-electron chi connectivity index (χ3n) is 2.90. The predicted molar refractivity (Wildman–Crippen MR) is 74.3 cm³/mol. The van der Waals surface area contributed by atoms with E-state index < -0.39 is 34.4 Å². The van der Waals surface area contributed by atoms with Crippen molar-refractivity contribution in [3.8, 4) is 0 Å². The molecular weight excluding hydrogens is 308 g/mol. The second-order valence-corrected chi connectivity index (χ2v) is 5.56. The van der Waals surface area contributed by atoms with Crippen LogP contribution in [-0.2, 0) is 6.18 Å². The van der Waals surface area contributed by atoms with E-state index >= 15 is 0 Å². The number of nitrogens with one attached hydrogen (secondary N) is 1. The van der Waals surface area contributed by atoms with E-state index in [2.05, 4.69) is 5.32 Å². The van der Waals surface area contributed by atoms with Gasteiger partial charge in [0.05, 0.1) is 16.1 Å². The molecule has 0 radical (unpaired) electrons. The fraction of sp³-hybridized carbons (Fsp3) is 0.385. The number of thiocarbonyl (C=S) groups is 1. The van der Waals surface area contributed by atoms with Crippen molar-refractivity contribution in [1.82, 2.24) is 5.32 Å². The summed E-state index contributed by atoms with van der Waals surface area (Å²) < 4.78 is 51.2. The number of hydrogen-bond donors (Lipinski definition) is 2. The molecule has 3 N–H and O–H groups in total. The molecule has 0 spiro atoms. The number of alkyl halides is 3. The van der Waals surface area contributed by atoms with E-state index in [1.807, 2.05) is 0 Å². The van der Waals surface area contributed by atoms with E-state index in [4.69, 9.17) is 18.0 Å². The number of rotatable bonds is 4. The average Bonchev–Trinajstić information content (AvgIpc) is 2.35. The Morgan fingerprint density at radius 1 is 1.33 bits per heavy atom. The van der Waals surface area contributed by atoms with Gasteiger partial charge in [-0.1, -0.05) is 26.1 Å². The summed E-state index contributed by atoms with van der Waals surface area (Å²) in [5, 5.41) is 2.33. The molecule has 0 fully saturated rings. The van der Waals surface area contributed by atoms with Crippen LogP contribution in [0.25, 0.3) is 0 Å². The van der Waals surface area contributed by atoms with Gasteiger partial charge in [0.15, 0.2) is 0 Å². The van der Waals surface area contributed by atoms with Crippen LogP contribution in [0.3, 0.4) is 0 Å². The fourth-order valence-electron chi connectivity index (χ4n) is 1.36. The normalized spacial score (nSPS) is 12.1. The summed E-state index contributed by atoms with van der Waals surface area (Å²) in [6.45, 7) is 3.28. The molecule has 116 valence electrons. The molecule has 0 unspecified atom stereocenters. The Bertz CT molecular complexity index is 570. The van der Waals surface area contributed by atoms with E-state index in [0.717, 1.165) is 0 Å². The molecule has 0 atom stereocenters. The molecule has 0 heterocycles. The van der Waals surface area contributed by atoms with Crippen molar-refractivity contribution in [2.45, 2.75) is 20.0 Å². The standard InChI is InChI=1S/C13H14F4N2OS/c1-12(2,11(18)21)6-19-10(20)8-5-7(13(15,16)17)3-4-9(8)14/h3-5H,6H2,1-2H3,(H2,18,21)(H,19,20). The molecule has 1 aromatic carbocycles. The molecule has 0 aliphatic carbocycles. The molecule has 0 saturated carbocycles. The number of nitrogens with two attached hydrogens (primary N) is 1. The van der Waals surface area contributed by atoms with Crippen molar-refractivity contribution >= 4 is 23.1 Å². The van der Waals surface area contributed by atoms with E-state index in [9.17, 15) is 22.4 Å². The van der Waals surface area contributed by atoms with Gasteiger partial charge < -0.3 is 11.1 Å². The van der Waals surface area contributed by atoms with Crippen LogP contribution in [0.5, 0.6) is 0 Å². The van der Waals surface area contributed by atoms with Crippen LogP contribution in [-0.4, -0.2) is 17.4 Å². The van der Waals surface area contributed by atoms with Gasteiger partial charge in [0, 0.05) is 12.0 Å². The number of benzene rings is 1. The Morgan fingerprint density at radius 2 is 1.90 bits per heavy atom. The van der Waals surface area contributed by atoms with Gasteiger partial charge in [0.25, 0.3) is 5.91 Å². The molecular formula is C13H14F4N2OS. The predicted octanol–water partition coefficient (Wildman–Crippen LogP) is 2.89. The lowest BCUT2D eigenvalue weighted by atomic mass is 9.93. The van der Waals surface area contributed by atoms with Crippen LogP contribution in [0.4, 0.5) is 17.6 Å². The van der Waals surface area contributed by atoms with Crippen LogP contribution in [0, 0.1) is 11.2 Å². The maximum absolute atomic E-state index is 13.5. The van der Waals surface area contributed by atoms with Crippen LogP contribution in [0.15, 0.2) is 18.2 Å². The zero-order valence-electron chi connectivity index (χ0n) is 11.3. The molecule has 0 bridgehead atoms. The summed E-state index contributed by atoms with van der Waals surface area (Å²) in [5.41, 5.74) is 2.96. The fourth-order valence-corrected chi connectivity index (χ4v) is 1.43. The van der Waals surface area contributed by atoms with Crippen molar-refractivity contribution in [3.63, 3.8) is 0 Å². The lowest BCUT2D eigenvalue weighted by molar-refractivity contribution is -0.137. The lowest BCUT2D eigenvalue weighted by Gasteiger charge is -2.23. The Hall–Kier alpha value is -1.70. The minimum absolute atomic E-state index is 0.0170. The molecule has 0 saturated heterocycles. The highest BCUT2D eigenvalue weighted by atomic mass is 32.1. The minimum Gasteiger partial charge on any atom is -0.393 e. The van der Waals surface area contributed by atoms with Crippen LogP contribution in [0.1, 0.15) is 29.8 Å². The molecule has 8 heteroatoms. The molecule has 21 heavy (non-hydrogen) atoms. The molecule has 1 aromatic rings. The van der Waals surface area contributed by atoms with Gasteiger partial charge >= 0.3 is 6.18 Å². The first kappa shape index (κ1) is 17.4. The zero-order chi connectivity index (χ0) is 16.4. The smallest absolute Gasteiger partial charge is 0.393 e. The van der Waals surface area contributed by atoms with Crippen molar-refractivity contribution in [2.24, 2.45) is 11.1 Å². The van der Waals surface area contributed by atoms with Crippen molar-refractivity contribution in [3.05, 3.63) is 35.1 Å². The van der Waals surface area contributed by atoms with Crippen LogP contribution < -0.4 is 11.1 Å². The second-order valence-electron chi connectivity index (χ2n) is 5.12. The van der Waals surface area contributed by atoms with Gasteiger partial charge in [-0.3, -0.25) is 4.79 Å². The summed E-state index contributed by atoms with van der Waals surface area (Å²) in [6, 6.07) is 1.65. The Balaban J connectivity index is 2.95. The minimum atomic E-state index is -4.65. The van der Waals surface area contributed by atoms with Crippen molar-refractivity contribution in [2.75, 3.05) is 6.54 Å². The summed E-state index contributed by atoms with van der Waals surface area (Å²) >= 11 is 4.80. The van der Waals surface area contributed by atoms with E-state index in [-0.39, 0.29) is 11.5 Å². The molecule has 0 aliphatic rings. The van der Waals surface area contributed by atoms with Gasteiger partial charge in [0.2, 0.25) is 0 Å². The molecule has 1 rings (SSSR count). The van der Waals surface area contributed by atoms with E-state index in [1.165, 1.54) is 0 Å².